The number of anilines is 1. The minimum Gasteiger partial charge on any atom is -0.395 e. The van der Waals surface area contributed by atoms with Crippen molar-refractivity contribution >= 4 is 27.3 Å². The Labute approximate surface area is 113 Å². The first-order valence-electron chi connectivity index (χ1n) is 5.07. The minimum atomic E-state index is -4.56. The molecular weight excluding hydrogens is 307 g/mol. The lowest BCUT2D eigenvalue weighted by Crippen LogP contribution is -2.28. The van der Waals surface area contributed by atoms with E-state index in [4.69, 9.17) is 16.7 Å². The number of nitrogens with one attached hydrogen (secondary N) is 1. The van der Waals surface area contributed by atoms with Crippen LogP contribution in [-0.4, -0.2) is 25.4 Å². The summed E-state index contributed by atoms with van der Waals surface area (Å²) in [7, 11) is -3.90. The molecule has 0 spiro atoms. The van der Waals surface area contributed by atoms with E-state index in [-0.39, 0.29) is 10.7 Å². The number of aliphatic hydroxyl groups is 1. The maximum absolute atomic E-state index is 12.4. The van der Waals surface area contributed by atoms with Crippen LogP contribution in [-0.2, 0) is 16.2 Å². The fourth-order valence-electron chi connectivity index (χ4n) is 1.13. The first-order valence-corrected chi connectivity index (χ1v) is 6.99. The average Bonchev–Trinajstić information content (AvgIpc) is 2.29. The van der Waals surface area contributed by atoms with Crippen molar-refractivity contribution in [1.82, 2.24) is 0 Å². The lowest BCUT2D eigenvalue weighted by molar-refractivity contribution is -0.137. The molecule has 1 aromatic carbocycles. The third kappa shape index (κ3) is 3.99. The summed E-state index contributed by atoms with van der Waals surface area (Å²) in [6.45, 7) is 0.633. The van der Waals surface area contributed by atoms with Crippen LogP contribution in [0.1, 0.15) is 12.5 Å². The molecular formula is C10H11ClF3NO3S. The van der Waals surface area contributed by atoms with Gasteiger partial charge in [-0.1, -0.05) is 11.6 Å². The zero-order valence-electron chi connectivity index (χ0n) is 9.70. The van der Waals surface area contributed by atoms with Crippen molar-refractivity contribution in [3.8, 4) is 0 Å². The van der Waals surface area contributed by atoms with Crippen molar-refractivity contribution in [3.05, 3.63) is 28.8 Å². The molecule has 1 rings (SSSR count). The monoisotopic (exact) mass is 317 g/mol. The van der Waals surface area contributed by atoms with Crippen LogP contribution in [0.5, 0.6) is 0 Å². The van der Waals surface area contributed by atoms with Crippen LogP contribution in [0.2, 0.25) is 5.02 Å². The second-order valence-electron chi connectivity index (χ2n) is 3.83. The predicted molar refractivity (Wildman–Crippen MR) is 65.5 cm³/mol. The van der Waals surface area contributed by atoms with Crippen LogP contribution in [0.4, 0.5) is 18.9 Å². The first kappa shape index (κ1) is 16.1. The summed E-state index contributed by atoms with van der Waals surface area (Å²) < 4.78 is 62.4. The Morgan fingerprint density at radius 2 is 2.00 bits per heavy atom. The molecule has 0 fully saturated rings. The van der Waals surface area contributed by atoms with Gasteiger partial charge in [0.25, 0.3) is 0 Å². The van der Waals surface area contributed by atoms with Gasteiger partial charge in [-0.3, -0.25) is 4.72 Å². The Hall–Kier alpha value is -0.990. The topological polar surface area (TPSA) is 66.4 Å². The molecule has 1 aromatic rings. The van der Waals surface area contributed by atoms with E-state index in [1.54, 1.807) is 0 Å². The Kier molecular flexibility index (Phi) is 4.70. The Morgan fingerprint density at radius 3 is 2.42 bits per heavy atom. The molecule has 0 aliphatic carbocycles. The number of rotatable bonds is 4. The molecule has 108 valence electrons. The number of halogens is 4. The number of alkyl halides is 3. The van der Waals surface area contributed by atoms with Gasteiger partial charge in [-0.2, -0.15) is 13.2 Å². The van der Waals surface area contributed by atoms with E-state index in [2.05, 4.69) is 0 Å². The molecule has 0 aromatic heterocycles. The van der Waals surface area contributed by atoms with Crippen molar-refractivity contribution in [2.24, 2.45) is 0 Å². The van der Waals surface area contributed by atoms with Crippen molar-refractivity contribution < 1.29 is 26.7 Å². The lowest BCUT2D eigenvalue weighted by Gasteiger charge is -2.14. The van der Waals surface area contributed by atoms with E-state index in [0.29, 0.717) is 12.1 Å². The highest BCUT2D eigenvalue weighted by molar-refractivity contribution is 7.93. The van der Waals surface area contributed by atoms with Gasteiger partial charge in [0.1, 0.15) is 5.25 Å². The Bertz CT molecular complexity index is 560. The number of hydrogen-bond acceptors (Lipinski definition) is 3. The lowest BCUT2D eigenvalue weighted by atomic mass is 10.2. The van der Waals surface area contributed by atoms with Crippen molar-refractivity contribution in [1.29, 1.82) is 0 Å². The number of benzene rings is 1. The smallest absolute Gasteiger partial charge is 0.395 e. The van der Waals surface area contributed by atoms with Crippen LogP contribution in [0, 0.1) is 0 Å². The molecule has 1 unspecified atom stereocenters. The quantitative estimate of drug-likeness (QED) is 0.896. The van der Waals surface area contributed by atoms with E-state index >= 15 is 0 Å². The molecule has 19 heavy (non-hydrogen) atoms. The number of sulfonamides is 1. The fraction of sp³-hybridized carbons (Fsp3) is 0.400. The van der Waals surface area contributed by atoms with E-state index in [0.717, 1.165) is 6.07 Å². The molecule has 0 amide bonds. The zero-order valence-corrected chi connectivity index (χ0v) is 11.3. The van der Waals surface area contributed by atoms with Gasteiger partial charge in [-0.15, -0.1) is 0 Å². The maximum Gasteiger partial charge on any atom is 0.416 e. The predicted octanol–water partition coefficient (Wildman–Crippen LogP) is 2.48. The summed E-state index contributed by atoms with van der Waals surface area (Å²) in [4.78, 5) is 0. The van der Waals surface area contributed by atoms with Crippen molar-refractivity contribution in [2.75, 3.05) is 11.3 Å². The van der Waals surface area contributed by atoms with E-state index in [1.165, 1.54) is 6.92 Å². The zero-order chi connectivity index (χ0) is 14.8. The second kappa shape index (κ2) is 5.56. The van der Waals surface area contributed by atoms with Crippen LogP contribution in [0.3, 0.4) is 0 Å². The van der Waals surface area contributed by atoms with Gasteiger partial charge >= 0.3 is 6.18 Å². The van der Waals surface area contributed by atoms with Crippen LogP contribution in [0.15, 0.2) is 18.2 Å². The highest BCUT2D eigenvalue weighted by Crippen LogP contribution is 2.34. The average molecular weight is 318 g/mol. The molecule has 0 saturated heterocycles. The largest absolute Gasteiger partial charge is 0.416 e. The normalized spacial score (nSPS) is 14.2. The van der Waals surface area contributed by atoms with Crippen LogP contribution >= 0.6 is 11.6 Å². The molecule has 0 aliphatic rings. The number of hydrogen-bond donors (Lipinski definition) is 2. The number of aliphatic hydroxyl groups excluding tert-OH is 1. The highest BCUT2D eigenvalue weighted by atomic mass is 35.5. The third-order valence-electron chi connectivity index (χ3n) is 2.34. The molecule has 0 aliphatic heterocycles. The second-order valence-corrected chi connectivity index (χ2v) is 6.34. The van der Waals surface area contributed by atoms with Gasteiger partial charge in [0.05, 0.1) is 22.9 Å². The van der Waals surface area contributed by atoms with Gasteiger partial charge < -0.3 is 5.11 Å². The molecule has 4 nitrogen and oxygen atoms in total. The highest BCUT2D eigenvalue weighted by Gasteiger charge is 2.31. The molecule has 0 saturated carbocycles. The summed E-state index contributed by atoms with van der Waals surface area (Å²) in [5.74, 6) is 0. The van der Waals surface area contributed by atoms with Crippen molar-refractivity contribution in [2.45, 2.75) is 18.3 Å². The van der Waals surface area contributed by atoms with E-state index in [9.17, 15) is 21.6 Å². The summed E-state index contributed by atoms with van der Waals surface area (Å²) in [6.07, 6.45) is -4.56. The van der Waals surface area contributed by atoms with E-state index in [1.807, 2.05) is 4.72 Å². The van der Waals surface area contributed by atoms with E-state index < -0.39 is 33.6 Å². The van der Waals surface area contributed by atoms with Gasteiger partial charge in [0, 0.05) is 0 Å². The molecule has 0 bridgehead atoms. The van der Waals surface area contributed by atoms with Gasteiger partial charge in [0.15, 0.2) is 0 Å². The molecule has 0 heterocycles. The Balaban J connectivity index is 3.06. The van der Waals surface area contributed by atoms with Gasteiger partial charge in [-0.05, 0) is 25.1 Å². The van der Waals surface area contributed by atoms with Gasteiger partial charge in [0.2, 0.25) is 10.0 Å². The summed E-state index contributed by atoms with van der Waals surface area (Å²) in [6, 6.07) is 2.27. The SMILES string of the molecule is CC(CO)S(=O)(=O)Nc1ccc(C(F)(F)F)cc1Cl. The first-order chi connectivity index (χ1) is 8.58. The van der Waals surface area contributed by atoms with Crippen LogP contribution < -0.4 is 4.72 Å². The van der Waals surface area contributed by atoms with Gasteiger partial charge in [-0.25, -0.2) is 8.42 Å². The maximum atomic E-state index is 12.4. The summed E-state index contributed by atoms with van der Waals surface area (Å²) in [5.41, 5.74) is -1.15. The molecule has 0 radical (unpaired) electrons. The fourth-order valence-corrected chi connectivity index (χ4v) is 2.29. The van der Waals surface area contributed by atoms with Crippen molar-refractivity contribution in [3.63, 3.8) is 0 Å². The Morgan fingerprint density at radius 1 is 1.42 bits per heavy atom. The van der Waals surface area contributed by atoms with Crippen LogP contribution in [0.25, 0.3) is 0 Å². The minimum absolute atomic E-state index is 0.171. The molecule has 9 heteroatoms. The summed E-state index contributed by atoms with van der Waals surface area (Å²) >= 11 is 5.60. The molecule has 1 atom stereocenters. The summed E-state index contributed by atoms with van der Waals surface area (Å²) in [5, 5.41) is 7.29. The third-order valence-corrected chi connectivity index (χ3v) is 4.36. The molecule has 2 N–H and O–H groups in total. The standard InChI is InChI=1S/C10H11ClF3NO3S/c1-6(5-16)19(17,18)15-9-3-2-7(4-8(9)11)10(12,13)14/h2-4,6,15-16H,5H2,1H3.